The Morgan fingerprint density at radius 2 is 0.860 bits per heavy atom. The van der Waals surface area contributed by atoms with Crippen molar-refractivity contribution in [1.29, 1.82) is 0 Å². The smallest absolute Gasteiger partial charge is 0.160 e. The number of fused-ring (bicyclic) bond motifs is 6. The summed E-state index contributed by atoms with van der Waals surface area (Å²) in [7, 11) is 0. The van der Waals surface area contributed by atoms with E-state index in [2.05, 4.69) is 170 Å². The monoisotopic (exact) mass is 726 g/mol. The molecule has 0 aliphatic heterocycles. The first kappa shape index (κ1) is 32.8. The Bertz CT molecular complexity index is 3220. The highest BCUT2D eigenvalue weighted by Gasteiger charge is 2.17. The predicted molar refractivity (Wildman–Crippen MR) is 237 cm³/mol. The minimum atomic E-state index is 0.686. The number of hydrogen-bond donors (Lipinski definition) is 0. The normalized spacial score (nSPS) is 11.5. The van der Waals surface area contributed by atoms with E-state index >= 15 is 0 Å². The molecular formula is C54H34N2O. The minimum absolute atomic E-state index is 0.686. The first-order chi connectivity index (χ1) is 28.2. The van der Waals surface area contributed by atoms with E-state index in [4.69, 9.17) is 14.4 Å². The SMILES string of the molecule is c1ccc(-c2cc(-c3cc(-c4ccc(-c5ccc6ccc7ccccc7c6c5)cc4)cc(-c4cccc5c4oc4ccccc45)c3)nc(-c3ccccc3)n2)cc1. The fourth-order valence-corrected chi connectivity index (χ4v) is 8.18. The maximum Gasteiger partial charge on any atom is 0.160 e. The average molecular weight is 727 g/mol. The van der Waals surface area contributed by atoms with Crippen molar-refractivity contribution in [1.82, 2.24) is 9.97 Å². The Morgan fingerprint density at radius 1 is 0.298 bits per heavy atom. The van der Waals surface area contributed by atoms with Gasteiger partial charge in [-0.3, -0.25) is 0 Å². The van der Waals surface area contributed by atoms with Gasteiger partial charge in [0.05, 0.1) is 11.4 Å². The number of rotatable bonds is 6. The Morgan fingerprint density at radius 3 is 1.65 bits per heavy atom. The van der Waals surface area contributed by atoms with E-state index in [1.54, 1.807) is 0 Å². The van der Waals surface area contributed by atoms with E-state index in [-0.39, 0.29) is 0 Å². The van der Waals surface area contributed by atoms with Gasteiger partial charge in [0.15, 0.2) is 5.82 Å². The molecule has 9 aromatic carbocycles. The Labute approximate surface area is 330 Å². The van der Waals surface area contributed by atoms with Gasteiger partial charge in [-0.15, -0.1) is 0 Å². The van der Waals surface area contributed by atoms with Crippen molar-refractivity contribution in [3.05, 3.63) is 206 Å². The van der Waals surface area contributed by atoms with Gasteiger partial charge in [-0.1, -0.05) is 170 Å². The molecule has 3 heteroatoms. The maximum atomic E-state index is 6.58. The third-order valence-corrected chi connectivity index (χ3v) is 11.1. The summed E-state index contributed by atoms with van der Waals surface area (Å²) < 4.78 is 6.58. The molecule has 0 amide bonds. The van der Waals surface area contributed by atoms with Crippen molar-refractivity contribution in [2.45, 2.75) is 0 Å². The molecule has 0 N–H and O–H groups in total. The molecule has 2 aromatic heterocycles. The van der Waals surface area contributed by atoms with Crippen LogP contribution in [0.25, 0.3) is 111 Å². The van der Waals surface area contributed by atoms with Crippen molar-refractivity contribution < 1.29 is 4.42 Å². The van der Waals surface area contributed by atoms with Crippen LogP contribution in [0.4, 0.5) is 0 Å². The van der Waals surface area contributed by atoms with Gasteiger partial charge in [-0.05, 0) is 85.8 Å². The molecule has 0 aliphatic carbocycles. The molecule has 0 radical (unpaired) electrons. The van der Waals surface area contributed by atoms with Gasteiger partial charge in [0, 0.05) is 33.0 Å². The summed E-state index contributed by atoms with van der Waals surface area (Å²) in [6, 6.07) is 72.9. The van der Waals surface area contributed by atoms with Crippen LogP contribution in [0.1, 0.15) is 0 Å². The van der Waals surface area contributed by atoms with Crippen LogP contribution in [0.3, 0.4) is 0 Å². The van der Waals surface area contributed by atoms with Gasteiger partial charge in [0.25, 0.3) is 0 Å². The van der Waals surface area contributed by atoms with Gasteiger partial charge < -0.3 is 4.42 Å². The molecule has 0 unspecified atom stereocenters. The highest BCUT2D eigenvalue weighted by molar-refractivity contribution is 6.10. The largest absolute Gasteiger partial charge is 0.455 e. The van der Waals surface area contributed by atoms with Gasteiger partial charge in [-0.2, -0.15) is 0 Å². The summed E-state index contributed by atoms with van der Waals surface area (Å²) in [4.78, 5) is 10.3. The van der Waals surface area contributed by atoms with E-state index in [9.17, 15) is 0 Å². The molecule has 0 atom stereocenters. The molecule has 2 heterocycles. The molecule has 11 rings (SSSR count). The van der Waals surface area contributed by atoms with Crippen molar-refractivity contribution in [2.75, 3.05) is 0 Å². The molecule has 0 saturated carbocycles. The van der Waals surface area contributed by atoms with Gasteiger partial charge in [0.2, 0.25) is 0 Å². The Hall–Kier alpha value is -7.62. The Kier molecular flexibility index (Phi) is 7.82. The van der Waals surface area contributed by atoms with Crippen molar-refractivity contribution in [2.24, 2.45) is 0 Å². The van der Waals surface area contributed by atoms with Crippen LogP contribution in [0.5, 0.6) is 0 Å². The second-order valence-electron chi connectivity index (χ2n) is 14.6. The van der Waals surface area contributed by atoms with Crippen LogP contribution in [0.2, 0.25) is 0 Å². The van der Waals surface area contributed by atoms with Gasteiger partial charge in [-0.25, -0.2) is 9.97 Å². The van der Waals surface area contributed by atoms with E-state index < -0.39 is 0 Å². The Balaban J connectivity index is 1.09. The highest BCUT2D eigenvalue weighted by atomic mass is 16.3. The van der Waals surface area contributed by atoms with Crippen LogP contribution < -0.4 is 0 Å². The quantitative estimate of drug-likeness (QED) is 0.160. The average Bonchev–Trinajstić information content (AvgIpc) is 3.68. The molecule has 0 aliphatic rings. The van der Waals surface area contributed by atoms with Gasteiger partial charge >= 0.3 is 0 Å². The lowest BCUT2D eigenvalue weighted by Gasteiger charge is -2.14. The van der Waals surface area contributed by atoms with Crippen LogP contribution >= 0.6 is 0 Å². The number of furan rings is 1. The zero-order valence-corrected chi connectivity index (χ0v) is 30.9. The van der Waals surface area contributed by atoms with Gasteiger partial charge in [0.1, 0.15) is 11.2 Å². The molecule has 0 spiro atoms. The van der Waals surface area contributed by atoms with E-state index in [1.165, 1.54) is 32.7 Å². The summed E-state index contributed by atoms with van der Waals surface area (Å²) in [5.74, 6) is 0.686. The van der Waals surface area contributed by atoms with Crippen molar-refractivity contribution >= 4 is 43.5 Å². The maximum absolute atomic E-state index is 6.58. The molecule has 57 heavy (non-hydrogen) atoms. The number of hydrogen-bond acceptors (Lipinski definition) is 3. The van der Waals surface area contributed by atoms with Crippen molar-refractivity contribution in [3.63, 3.8) is 0 Å². The number of nitrogens with zero attached hydrogens (tertiary/aromatic N) is 2. The second kappa shape index (κ2) is 13.6. The summed E-state index contributed by atoms with van der Waals surface area (Å²) in [6.07, 6.45) is 0. The number of para-hydroxylation sites is 2. The standard InChI is InChI=1S/C54H34N2O/c1-3-13-39(14-4-1)50-34-51(56-54(55-50)40-15-5-2-6-16-40)44-31-42(30-43(32-44)46-19-11-20-48-47-18-9-10-21-52(47)57-53(46)48)36-24-22-35(23-25-36)41-29-28-38-27-26-37-12-7-8-17-45(37)49(38)33-41/h1-34H. The molecule has 0 saturated heterocycles. The predicted octanol–water partition coefficient (Wildman–Crippen LogP) is 14.7. The van der Waals surface area contributed by atoms with Crippen LogP contribution in [0.15, 0.2) is 211 Å². The first-order valence-corrected chi connectivity index (χ1v) is 19.3. The molecule has 0 fully saturated rings. The fraction of sp³-hybridized carbons (Fsp3) is 0. The summed E-state index contributed by atoms with van der Waals surface area (Å²) in [6.45, 7) is 0. The summed E-state index contributed by atoms with van der Waals surface area (Å²) >= 11 is 0. The van der Waals surface area contributed by atoms with Crippen molar-refractivity contribution in [3.8, 4) is 67.3 Å². The second-order valence-corrected chi connectivity index (χ2v) is 14.6. The lowest BCUT2D eigenvalue weighted by atomic mass is 9.92. The number of aromatic nitrogens is 2. The third kappa shape index (κ3) is 5.94. The molecular weight excluding hydrogens is 693 g/mol. The summed E-state index contributed by atoms with van der Waals surface area (Å²) in [5.41, 5.74) is 13.1. The van der Waals surface area contributed by atoms with Crippen LogP contribution in [0, 0.1) is 0 Å². The molecule has 11 aromatic rings. The first-order valence-electron chi connectivity index (χ1n) is 19.3. The summed E-state index contributed by atoms with van der Waals surface area (Å²) in [5, 5.41) is 7.24. The highest BCUT2D eigenvalue weighted by Crippen LogP contribution is 2.40. The van der Waals surface area contributed by atoms with Crippen LogP contribution in [-0.2, 0) is 0 Å². The third-order valence-electron chi connectivity index (χ3n) is 11.1. The van der Waals surface area contributed by atoms with Crippen LogP contribution in [-0.4, -0.2) is 9.97 Å². The minimum Gasteiger partial charge on any atom is -0.455 e. The van der Waals surface area contributed by atoms with E-state index in [1.807, 2.05) is 36.4 Å². The number of benzene rings is 9. The zero-order valence-electron chi connectivity index (χ0n) is 30.9. The molecule has 3 nitrogen and oxygen atoms in total. The zero-order chi connectivity index (χ0) is 37.7. The molecule has 0 bridgehead atoms. The van der Waals surface area contributed by atoms with E-state index in [0.29, 0.717) is 5.82 Å². The topological polar surface area (TPSA) is 38.9 Å². The fourth-order valence-electron chi connectivity index (χ4n) is 8.18. The lowest BCUT2D eigenvalue weighted by molar-refractivity contribution is 0.670. The van der Waals surface area contributed by atoms with E-state index in [0.717, 1.165) is 72.3 Å². The molecule has 266 valence electrons. The lowest BCUT2D eigenvalue weighted by Crippen LogP contribution is -1.96.